The van der Waals surface area contributed by atoms with Crippen molar-refractivity contribution in [2.24, 2.45) is 0 Å². The SMILES string of the molecule is Cc1cc(C)c(O)c(C=CC(=O)O)c1. The monoisotopic (exact) mass is 192 g/mol. The average Bonchev–Trinajstić information content (AvgIpc) is 2.08. The van der Waals surface area contributed by atoms with Gasteiger partial charge in [-0.1, -0.05) is 11.6 Å². The van der Waals surface area contributed by atoms with Gasteiger partial charge in [-0.25, -0.2) is 4.79 Å². The van der Waals surface area contributed by atoms with Crippen molar-refractivity contribution in [2.75, 3.05) is 0 Å². The van der Waals surface area contributed by atoms with E-state index in [2.05, 4.69) is 0 Å². The van der Waals surface area contributed by atoms with E-state index in [0.717, 1.165) is 17.2 Å². The number of aromatic hydroxyl groups is 1. The van der Waals surface area contributed by atoms with Gasteiger partial charge in [-0.05, 0) is 31.6 Å². The van der Waals surface area contributed by atoms with Crippen LogP contribution in [0.25, 0.3) is 6.08 Å². The van der Waals surface area contributed by atoms with Crippen LogP contribution in [0.2, 0.25) is 0 Å². The number of hydrogen-bond acceptors (Lipinski definition) is 2. The van der Waals surface area contributed by atoms with Gasteiger partial charge in [0.2, 0.25) is 0 Å². The molecule has 0 unspecified atom stereocenters. The Morgan fingerprint density at radius 3 is 2.57 bits per heavy atom. The van der Waals surface area contributed by atoms with Gasteiger partial charge in [-0.2, -0.15) is 0 Å². The zero-order valence-corrected chi connectivity index (χ0v) is 8.11. The predicted octanol–water partition coefficient (Wildman–Crippen LogP) is 2.11. The molecule has 0 fully saturated rings. The van der Waals surface area contributed by atoms with Crippen LogP contribution in [0.5, 0.6) is 5.75 Å². The Morgan fingerprint density at radius 1 is 1.36 bits per heavy atom. The lowest BCUT2D eigenvalue weighted by Gasteiger charge is -2.04. The van der Waals surface area contributed by atoms with Crippen molar-refractivity contribution < 1.29 is 15.0 Å². The van der Waals surface area contributed by atoms with Gasteiger partial charge in [0.05, 0.1) is 0 Å². The Hall–Kier alpha value is -1.77. The minimum Gasteiger partial charge on any atom is -0.507 e. The largest absolute Gasteiger partial charge is 0.507 e. The van der Waals surface area contributed by atoms with Crippen LogP contribution in [0.4, 0.5) is 0 Å². The van der Waals surface area contributed by atoms with Crippen molar-refractivity contribution >= 4 is 12.0 Å². The van der Waals surface area contributed by atoms with E-state index in [1.54, 1.807) is 13.0 Å². The second kappa shape index (κ2) is 3.96. The fourth-order valence-electron chi connectivity index (χ4n) is 1.28. The minimum atomic E-state index is -1.02. The second-order valence-electron chi connectivity index (χ2n) is 3.19. The third-order valence-corrected chi connectivity index (χ3v) is 1.88. The van der Waals surface area contributed by atoms with E-state index >= 15 is 0 Å². The second-order valence-corrected chi connectivity index (χ2v) is 3.19. The van der Waals surface area contributed by atoms with Crippen LogP contribution in [0, 0.1) is 13.8 Å². The number of carbonyl (C=O) groups is 1. The summed E-state index contributed by atoms with van der Waals surface area (Å²) in [5.74, 6) is -0.892. The molecule has 0 aromatic heterocycles. The zero-order chi connectivity index (χ0) is 10.7. The van der Waals surface area contributed by atoms with Gasteiger partial charge in [0, 0.05) is 11.6 Å². The molecule has 14 heavy (non-hydrogen) atoms. The topological polar surface area (TPSA) is 57.5 Å². The van der Waals surface area contributed by atoms with Crippen LogP contribution in [0.3, 0.4) is 0 Å². The van der Waals surface area contributed by atoms with Crippen molar-refractivity contribution in [2.45, 2.75) is 13.8 Å². The first-order valence-corrected chi connectivity index (χ1v) is 4.22. The molecule has 0 aliphatic rings. The summed E-state index contributed by atoms with van der Waals surface area (Å²) in [5.41, 5.74) is 2.27. The van der Waals surface area contributed by atoms with Gasteiger partial charge in [0.1, 0.15) is 5.75 Å². The van der Waals surface area contributed by atoms with Crippen LogP contribution in [-0.4, -0.2) is 16.2 Å². The standard InChI is InChI=1S/C11H12O3/c1-7-5-8(2)11(14)9(6-7)3-4-10(12)13/h3-6,14H,1-2H3,(H,12,13). The third kappa shape index (κ3) is 2.36. The van der Waals surface area contributed by atoms with E-state index in [-0.39, 0.29) is 5.75 Å². The molecule has 0 radical (unpaired) electrons. The molecule has 1 aromatic rings. The summed E-state index contributed by atoms with van der Waals surface area (Å²) in [7, 11) is 0. The zero-order valence-electron chi connectivity index (χ0n) is 8.11. The van der Waals surface area contributed by atoms with Crippen molar-refractivity contribution in [1.82, 2.24) is 0 Å². The number of rotatable bonds is 2. The van der Waals surface area contributed by atoms with E-state index in [4.69, 9.17) is 5.11 Å². The minimum absolute atomic E-state index is 0.133. The molecule has 3 heteroatoms. The number of carboxylic acid groups (broad SMARTS) is 1. The Bertz CT molecular complexity index is 392. The van der Waals surface area contributed by atoms with Gasteiger partial charge in [-0.15, -0.1) is 0 Å². The summed E-state index contributed by atoms with van der Waals surface area (Å²) in [4.78, 5) is 10.3. The van der Waals surface area contributed by atoms with Crippen LogP contribution >= 0.6 is 0 Å². The molecule has 0 atom stereocenters. The molecular weight excluding hydrogens is 180 g/mol. The lowest BCUT2D eigenvalue weighted by atomic mass is 10.1. The summed E-state index contributed by atoms with van der Waals surface area (Å²) < 4.78 is 0. The Balaban J connectivity index is 3.14. The first-order chi connectivity index (χ1) is 6.50. The molecule has 2 N–H and O–H groups in total. The number of phenolic OH excluding ortho intramolecular Hbond substituents is 1. The van der Waals surface area contributed by atoms with Gasteiger partial charge in [-0.3, -0.25) is 0 Å². The summed E-state index contributed by atoms with van der Waals surface area (Å²) >= 11 is 0. The summed E-state index contributed by atoms with van der Waals surface area (Å²) in [6, 6.07) is 3.58. The maximum absolute atomic E-state index is 10.3. The molecule has 1 aromatic carbocycles. The first-order valence-electron chi connectivity index (χ1n) is 4.22. The molecule has 3 nitrogen and oxygen atoms in total. The Morgan fingerprint density at radius 2 is 2.00 bits per heavy atom. The number of aliphatic carboxylic acids is 1. The van der Waals surface area contributed by atoms with Gasteiger partial charge >= 0.3 is 5.97 Å². The van der Waals surface area contributed by atoms with Gasteiger partial charge < -0.3 is 10.2 Å². The molecule has 0 amide bonds. The number of phenols is 1. The highest BCUT2D eigenvalue weighted by Crippen LogP contribution is 2.24. The summed E-state index contributed by atoms with van der Waals surface area (Å²) in [6.45, 7) is 3.67. The van der Waals surface area contributed by atoms with E-state index in [1.807, 2.05) is 13.0 Å². The lowest BCUT2D eigenvalue weighted by molar-refractivity contribution is -0.131. The maximum atomic E-state index is 10.3. The van der Waals surface area contributed by atoms with Crippen molar-refractivity contribution in [1.29, 1.82) is 0 Å². The number of benzene rings is 1. The first kappa shape index (κ1) is 10.3. The molecular formula is C11H12O3. The maximum Gasteiger partial charge on any atom is 0.328 e. The number of hydrogen-bond donors (Lipinski definition) is 2. The summed E-state index contributed by atoms with van der Waals surface area (Å²) in [6.07, 6.45) is 2.39. The molecule has 1 rings (SSSR count). The highest BCUT2D eigenvalue weighted by molar-refractivity contribution is 5.86. The van der Waals surface area contributed by atoms with Crippen molar-refractivity contribution in [3.05, 3.63) is 34.9 Å². The molecule has 0 saturated carbocycles. The number of aryl methyl sites for hydroxylation is 2. The Labute approximate surface area is 82.3 Å². The highest BCUT2D eigenvalue weighted by atomic mass is 16.4. The van der Waals surface area contributed by atoms with Crippen molar-refractivity contribution in [3.63, 3.8) is 0 Å². The molecule has 0 aliphatic heterocycles. The fourth-order valence-corrected chi connectivity index (χ4v) is 1.28. The Kier molecular flexibility index (Phi) is 2.92. The van der Waals surface area contributed by atoms with E-state index in [0.29, 0.717) is 5.56 Å². The van der Waals surface area contributed by atoms with Crippen LogP contribution in [0.1, 0.15) is 16.7 Å². The van der Waals surface area contributed by atoms with E-state index in [1.165, 1.54) is 6.08 Å². The number of carboxylic acids is 1. The smallest absolute Gasteiger partial charge is 0.328 e. The molecule has 0 aliphatic carbocycles. The average molecular weight is 192 g/mol. The van der Waals surface area contributed by atoms with Gasteiger partial charge in [0.15, 0.2) is 0 Å². The quantitative estimate of drug-likeness (QED) is 0.705. The molecule has 74 valence electrons. The van der Waals surface area contributed by atoms with E-state index in [9.17, 15) is 9.90 Å². The van der Waals surface area contributed by atoms with Crippen LogP contribution in [-0.2, 0) is 4.79 Å². The van der Waals surface area contributed by atoms with E-state index < -0.39 is 5.97 Å². The van der Waals surface area contributed by atoms with Crippen LogP contribution < -0.4 is 0 Å². The summed E-state index contributed by atoms with van der Waals surface area (Å²) in [5, 5.41) is 18.0. The third-order valence-electron chi connectivity index (χ3n) is 1.88. The molecule has 0 spiro atoms. The lowest BCUT2D eigenvalue weighted by Crippen LogP contribution is -1.87. The van der Waals surface area contributed by atoms with Crippen molar-refractivity contribution in [3.8, 4) is 5.75 Å². The molecule has 0 saturated heterocycles. The van der Waals surface area contributed by atoms with Gasteiger partial charge in [0.25, 0.3) is 0 Å². The normalized spacial score (nSPS) is 10.7. The highest BCUT2D eigenvalue weighted by Gasteiger charge is 2.02. The molecule has 0 bridgehead atoms. The molecule has 0 heterocycles. The van der Waals surface area contributed by atoms with Crippen LogP contribution in [0.15, 0.2) is 18.2 Å². The fraction of sp³-hybridized carbons (Fsp3) is 0.182. The predicted molar refractivity (Wildman–Crippen MR) is 54.3 cm³/mol.